The third kappa shape index (κ3) is 2.69. The van der Waals surface area contributed by atoms with Crippen LogP contribution in [0.4, 0.5) is 0 Å². The number of imidazole rings is 1. The molecule has 0 aromatic carbocycles. The van der Waals surface area contributed by atoms with Gasteiger partial charge in [-0.05, 0) is 13.8 Å². The van der Waals surface area contributed by atoms with Gasteiger partial charge in [0.15, 0.2) is 11.0 Å². The van der Waals surface area contributed by atoms with E-state index in [9.17, 15) is 0 Å². The van der Waals surface area contributed by atoms with Gasteiger partial charge in [0.25, 0.3) is 0 Å². The van der Waals surface area contributed by atoms with Crippen LogP contribution in [0, 0.1) is 0 Å². The summed E-state index contributed by atoms with van der Waals surface area (Å²) in [7, 11) is 0. The maximum Gasteiger partial charge on any atom is 0.239 e. The molecule has 0 amide bonds. The van der Waals surface area contributed by atoms with E-state index in [-0.39, 0.29) is 5.25 Å². The second kappa shape index (κ2) is 5.35. The van der Waals surface area contributed by atoms with Crippen LogP contribution in [0.1, 0.15) is 37.7 Å². The van der Waals surface area contributed by atoms with Crippen molar-refractivity contribution in [2.45, 2.75) is 44.1 Å². The lowest BCUT2D eigenvalue weighted by atomic mass is 10.4. The summed E-state index contributed by atoms with van der Waals surface area (Å²) in [6.45, 7) is 7.07. The van der Waals surface area contributed by atoms with Gasteiger partial charge in [0.1, 0.15) is 0 Å². The van der Waals surface area contributed by atoms with Crippen molar-refractivity contribution in [3.63, 3.8) is 0 Å². The summed E-state index contributed by atoms with van der Waals surface area (Å²) in [5.41, 5.74) is 0. The predicted octanol–water partition coefficient (Wildman–Crippen LogP) is 2.70. The fourth-order valence-electron chi connectivity index (χ4n) is 1.44. The highest BCUT2D eigenvalue weighted by molar-refractivity contribution is 7.99. The van der Waals surface area contributed by atoms with E-state index in [1.165, 1.54) is 0 Å². The van der Waals surface area contributed by atoms with Crippen molar-refractivity contribution in [1.82, 2.24) is 19.7 Å². The molecule has 0 saturated carbocycles. The van der Waals surface area contributed by atoms with Crippen LogP contribution in [0.2, 0.25) is 0 Å². The molecule has 2 aromatic rings. The highest BCUT2D eigenvalue weighted by Crippen LogP contribution is 2.32. The molecule has 2 aromatic heterocycles. The van der Waals surface area contributed by atoms with Gasteiger partial charge in [0.05, 0.1) is 5.25 Å². The molecule has 0 radical (unpaired) electrons. The Morgan fingerprint density at radius 2 is 2.29 bits per heavy atom. The number of nitrogens with zero attached hydrogens (tertiary/aromatic N) is 4. The summed E-state index contributed by atoms with van der Waals surface area (Å²) in [6, 6.07) is 0. The smallest absolute Gasteiger partial charge is 0.239 e. The van der Waals surface area contributed by atoms with E-state index in [0.717, 1.165) is 23.9 Å². The quantitative estimate of drug-likeness (QED) is 0.766. The average molecular weight is 252 g/mol. The summed E-state index contributed by atoms with van der Waals surface area (Å²) in [5, 5.41) is 5.00. The molecule has 0 N–H and O–H groups in total. The van der Waals surface area contributed by atoms with Crippen molar-refractivity contribution < 1.29 is 4.52 Å². The number of hydrogen-bond donors (Lipinski definition) is 0. The lowest BCUT2D eigenvalue weighted by molar-refractivity contribution is 0.375. The molecule has 6 heteroatoms. The lowest BCUT2D eigenvalue weighted by Crippen LogP contribution is -1.97. The molecule has 0 aliphatic carbocycles. The first-order valence-corrected chi connectivity index (χ1v) is 6.62. The van der Waals surface area contributed by atoms with Crippen LogP contribution in [-0.2, 0) is 13.0 Å². The van der Waals surface area contributed by atoms with Crippen molar-refractivity contribution in [2.75, 3.05) is 0 Å². The molecule has 0 saturated heterocycles. The summed E-state index contributed by atoms with van der Waals surface area (Å²) >= 11 is 1.63. The van der Waals surface area contributed by atoms with Gasteiger partial charge in [-0.15, -0.1) is 0 Å². The van der Waals surface area contributed by atoms with E-state index in [1.54, 1.807) is 11.8 Å². The predicted molar refractivity (Wildman–Crippen MR) is 65.8 cm³/mol. The van der Waals surface area contributed by atoms with Gasteiger partial charge in [0, 0.05) is 25.4 Å². The normalized spacial score (nSPS) is 12.9. The molecule has 0 bridgehead atoms. The first-order valence-electron chi connectivity index (χ1n) is 5.74. The van der Waals surface area contributed by atoms with Crippen LogP contribution in [0.3, 0.4) is 0 Å². The van der Waals surface area contributed by atoms with Crippen LogP contribution < -0.4 is 0 Å². The molecular formula is C11H16N4OS. The number of aryl methyl sites for hydroxylation is 2. The van der Waals surface area contributed by atoms with Gasteiger partial charge < -0.3 is 9.09 Å². The zero-order chi connectivity index (χ0) is 12.3. The Bertz CT molecular complexity index is 479. The first-order chi connectivity index (χ1) is 8.24. The molecule has 0 aliphatic rings. The second-order valence-corrected chi connectivity index (χ2v) is 4.97. The third-order valence-corrected chi connectivity index (χ3v) is 3.55. The summed E-state index contributed by atoms with van der Waals surface area (Å²) in [4.78, 5) is 8.64. The average Bonchev–Trinajstić information content (AvgIpc) is 2.96. The van der Waals surface area contributed by atoms with Gasteiger partial charge >= 0.3 is 0 Å². The summed E-state index contributed by atoms with van der Waals surface area (Å²) < 4.78 is 7.32. The Kier molecular flexibility index (Phi) is 3.83. The Balaban J connectivity index is 2.08. The summed E-state index contributed by atoms with van der Waals surface area (Å²) in [6.07, 6.45) is 4.58. The van der Waals surface area contributed by atoms with Crippen molar-refractivity contribution in [3.8, 4) is 0 Å². The molecule has 1 unspecified atom stereocenters. The molecule has 92 valence electrons. The molecular weight excluding hydrogens is 236 g/mol. The van der Waals surface area contributed by atoms with E-state index >= 15 is 0 Å². The summed E-state index contributed by atoms with van der Waals surface area (Å²) in [5.74, 6) is 1.42. The van der Waals surface area contributed by atoms with Crippen molar-refractivity contribution in [2.24, 2.45) is 0 Å². The van der Waals surface area contributed by atoms with E-state index < -0.39 is 0 Å². The van der Waals surface area contributed by atoms with E-state index in [1.807, 2.05) is 26.2 Å². The maximum absolute atomic E-state index is 5.22. The minimum atomic E-state index is 0.121. The molecule has 1 atom stereocenters. The minimum Gasteiger partial charge on any atom is -0.338 e. The van der Waals surface area contributed by atoms with Crippen LogP contribution in [0.15, 0.2) is 22.1 Å². The molecule has 0 aliphatic heterocycles. The van der Waals surface area contributed by atoms with Gasteiger partial charge in [-0.2, -0.15) is 4.98 Å². The monoisotopic (exact) mass is 252 g/mol. The van der Waals surface area contributed by atoms with Crippen molar-refractivity contribution in [1.29, 1.82) is 0 Å². The van der Waals surface area contributed by atoms with Gasteiger partial charge in [0.2, 0.25) is 5.89 Å². The molecule has 5 nitrogen and oxygen atoms in total. The number of thioether (sulfide) groups is 1. The van der Waals surface area contributed by atoms with Crippen LogP contribution >= 0.6 is 11.8 Å². The molecule has 2 heterocycles. The van der Waals surface area contributed by atoms with Crippen LogP contribution in [0.25, 0.3) is 0 Å². The number of aromatic nitrogens is 4. The Hall–Kier alpha value is -1.30. The Morgan fingerprint density at radius 3 is 2.94 bits per heavy atom. The molecule has 17 heavy (non-hydrogen) atoms. The van der Waals surface area contributed by atoms with Crippen molar-refractivity contribution >= 4 is 11.8 Å². The first kappa shape index (κ1) is 12.2. The topological polar surface area (TPSA) is 56.7 Å². The lowest BCUT2D eigenvalue weighted by Gasteiger charge is -2.07. The second-order valence-electron chi connectivity index (χ2n) is 3.66. The highest BCUT2D eigenvalue weighted by Gasteiger charge is 2.17. The zero-order valence-electron chi connectivity index (χ0n) is 10.3. The van der Waals surface area contributed by atoms with Crippen LogP contribution in [-0.4, -0.2) is 19.7 Å². The maximum atomic E-state index is 5.22. The van der Waals surface area contributed by atoms with Gasteiger partial charge in [-0.3, -0.25) is 0 Å². The zero-order valence-corrected chi connectivity index (χ0v) is 11.1. The number of hydrogen-bond acceptors (Lipinski definition) is 5. The molecule has 2 rings (SSSR count). The highest BCUT2D eigenvalue weighted by atomic mass is 32.2. The third-order valence-electron chi connectivity index (χ3n) is 2.45. The Morgan fingerprint density at radius 1 is 1.47 bits per heavy atom. The van der Waals surface area contributed by atoms with Crippen molar-refractivity contribution in [3.05, 3.63) is 24.1 Å². The fraction of sp³-hybridized carbons (Fsp3) is 0.545. The van der Waals surface area contributed by atoms with E-state index in [2.05, 4.69) is 26.6 Å². The SMILES string of the molecule is CCc1noc(C(C)Sc2nccn2CC)n1. The van der Waals surface area contributed by atoms with Crippen LogP contribution in [0.5, 0.6) is 0 Å². The van der Waals surface area contributed by atoms with E-state index in [4.69, 9.17) is 4.52 Å². The fourth-order valence-corrected chi connectivity index (χ4v) is 2.40. The largest absolute Gasteiger partial charge is 0.338 e. The molecule has 0 spiro atoms. The molecule has 0 fully saturated rings. The Labute approximate surface area is 105 Å². The van der Waals surface area contributed by atoms with E-state index in [0.29, 0.717) is 5.89 Å². The van der Waals surface area contributed by atoms with Gasteiger partial charge in [-0.25, -0.2) is 4.98 Å². The van der Waals surface area contributed by atoms with Gasteiger partial charge in [-0.1, -0.05) is 23.8 Å². The minimum absolute atomic E-state index is 0.121. The number of rotatable bonds is 5. The standard InChI is InChI=1S/C11H16N4OS/c1-4-9-13-10(16-14-9)8(3)17-11-12-6-7-15(11)5-2/h6-8H,4-5H2,1-3H3.